The van der Waals surface area contributed by atoms with Gasteiger partial charge >= 0.3 is 6.01 Å². The first-order valence-electron chi connectivity index (χ1n) is 6.66. The molecule has 0 spiro atoms. The van der Waals surface area contributed by atoms with Crippen molar-refractivity contribution in [2.24, 2.45) is 5.73 Å². The van der Waals surface area contributed by atoms with E-state index in [0.717, 1.165) is 17.7 Å². The summed E-state index contributed by atoms with van der Waals surface area (Å²) < 4.78 is 11.1. The zero-order valence-electron chi connectivity index (χ0n) is 11.8. The molecule has 2 N–H and O–H groups in total. The topological polar surface area (TPSA) is 70.3 Å². The normalized spacial score (nSPS) is 10.3. The molecule has 0 saturated heterocycles. The second-order valence-electron chi connectivity index (χ2n) is 4.43. The average Bonchev–Trinajstić information content (AvgIpc) is 2.45. The van der Waals surface area contributed by atoms with E-state index < -0.39 is 0 Å². The van der Waals surface area contributed by atoms with Gasteiger partial charge in [-0.3, -0.25) is 0 Å². The number of aromatic nitrogens is 2. The van der Waals surface area contributed by atoms with Crippen LogP contribution >= 0.6 is 0 Å². The SMILES string of the molecule is CCCOc1cc(C)nc(Oc2ccc(CN)cc2)n1. The number of hydrogen-bond donors (Lipinski definition) is 1. The predicted molar refractivity (Wildman–Crippen MR) is 77.0 cm³/mol. The number of nitrogens with zero attached hydrogens (tertiary/aromatic N) is 2. The number of nitrogens with two attached hydrogens (primary N) is 1. The molecule has 0 amide bonds. The molecule has 2 rings (SSSR count). The standard InChI is InChI=1S/C15H19N3O2/c1-3-8-19-14-9-11(2)17-15(18-14)20-13-6-4-12(10-16)5-7-13/h4-7,9H,3,8,10,16H2,1-2H3. The highest BCUT2D eigenvalue weighted by atomic mass is 16.5. The van der Waals surface area contributed by atoms with Gasteiger partial charge in [-0.15, -0.1) is 0 Å². The third kappa shape index (κ3) is 3.93. The van der Waals surface area contributed by atoms with E-state index in [2.05, 4.69) is 9.97 Å². The largest absolute Gasteiger partial charge is 0.478 e. The molecule has 0 bridgehead atoms. The molecule has 0 radical (unpaired) electrons. The molecule has 106 valence electrons. The second kappa shape index (κ2) is 6.86. The van der Waals surface area contributed by atoms with E-state index in [1.54, 1.807) is 6.07 Å². The molecule has 0 saturated carbocycles. The van der Waals surface area contributed by atoms with E-state index in [9.17, 15) is 0 Å². The van der Waals surface area contributed by atoms with Gasteiger partial charge in [-0.2, -0.15) is 9.97 Å². The maximum absolute atomic E-state index is 5.64. The van der Waals surface area contributed by atoms with Gasteiger partial charge in [0.25, 0.3) is 0 Å². The van der Waals surface area contributed by atoms with E-state index >= 15 is 0 Å². The number of benzene rings is 1. The van der Waals surface area contributed by atoms with Gasteiger partial charge in [0.05, 0.1) is 6.61 Å². The Morgan fingerprint density at radius 3 is 2.55 bits per heavy atom. The maximum Gasteiger partial charge on any atom is 0.325 e. The minimum atomic E-state index is 0.289. The lowest BCUT2D eigenvalue weighted by Crippen LogP contribution is -2.01. The molecule has 0 atom stereocenters. The van der Waals surface area contributed by atoms with Crippen molar-refractivity contribution in [3.05, 3.63) is 41.6 Å². The first kappa shape index (κ1) is 14.3. The summed E-state index contributed by atoms with van der Waals surface area (Å²) in [6, 6.07) is 9.61. The van der Waals surface area contributed by atoms with Gasteiger partial charge in [-0.25, -0.2) is 0 Å². The minimum Gasteiger partial charge on any atom is -0.478 e. The molecule has 0 unspecified atom stereocenters. The lowest BCUT2D eigenvalue weighted by Gasteiger charge is -2.08. The lowest BCUT2D eigenvalue weighted by molar-refractivity contribution is 0.298. The second-order valence-corrected chi connectivity index (χ2v) is 4.43. The molecular formula is C15H19N3O2. The van der Waals surface area contributed by atoms with Crippen molar-refractivity contribution in [2.75, 3.05) is 6.61 Å². The van der Waals surface area contributed by atoms with Crippen LogP contribution in [-0.2, 0) is 6.54 Å². The van der Waals surface area contributed by atoms with Gasteiger partial charge in [-0.05, 0) is 31.0 Å². The van der Waals surface area contributed by atoms with Crippen molar-refractivity contribution in [1.29, 1.82) is 0 Å². The van der Waals surface area contributed by atoms with Crippen LogP contribution in [0.2, 0.25) is 0 Å². The summed E-state index contributed by atoms with van der Waals surface area (Å²) in [6.45, 7) is 5.06. The quantitative estimate of drug-likeness (QED) is 0.876. The number of hydrogen-bond acceptors (Lipinski definition) is 5. The van der Waals surface area contributed by atoms with Crippen LogP contribution in [0.5, 0.6) is 17.6 Å². The van der Waals surface area contributed by atoms with Crippen LogP contribution < -0.4 is 15.2 Å². The van der Waals surface area contributed by atoms with Gasteiger partial charge in [-0.1, -0.05) is 19.1 Å². The number of aryl methyl sites for hydroxylation is 1. The molecule has 0 aliphatic carbocycles. The highest BCUT2D eigenvalue weighted by Crippen LogP contribution is 2.21. The average molecular weight is 273 g/mol. The third-order valence-electron chi connectivity index (χ3n) is 2.63. The van der Waals surface area contributed by atoms with E-state index in [4.69, 9.17) is 15.2 Å². The highest BCUT2D eigenvalue weighted by molar-refractivity contribution is 5.30. The van der Waals surface area contributed by atoms with Crippen LogP contribution in [0.4, 0.5) is 0 Å². The van der Waals surface area contributed by atoms with Gasteiger partial charge in [0, 0.05) is 18.3 Å². The van der Waals surface area contributed by atoms with Crippen LogP contribution in [0.25, 0.3) is 0 Å². The summed E-state index contributed by atoms with van der Waals surface area (Å²) in [7, 11) is 0. The van der Waals surface area contributed by atoms with Crippen LogP contribution in [-0.4, -0.2) is 16.6 Å². The van der Waals surface area contributed by atoms with E-state index in [-0.39, 0.29) is 6.01 Å². The summed E-state index contributed by atoms with van der Waals surface area (Å²) >= 11 is 0. The smallest absolute Gasteiger partial charge is 0.325 e. The Bertz CT molecular complexity index is 556. The van der Waals surface area contributed by atoms with Gasteiger partial charge in [0.15, 0.2) is 0 Å². The van der Waals surface area contributed by atoms with Crippen LogP contribution in [0.1, 0.15) is 24.6 Å². The molecular weight excluding hydrogens is 254 g/mol. The molecule has 20 heavy (non-hydrogen) atoms. The van der Waals surface area contributed by atoms with Crippen LogP contribution in [0.3, 0.4) is 0 Å². The van der Waals surface area contributed by atoms with E-state index in [1.165, 1.54) is 0 Å². The monoisotopic (exact) mass is 273 g/mol. The van der Waals surface area contributed by atoms with Crippen molar-refractivity contribution >= 4 is 0 Å². The van der Waals surface area contributed by atoms with Crippen molar-refractivity contribution in [2.45, 2.75) is 26.8 Å². The Morgan fingerprint density at radius 1 is 1.15 bits per heavy atom. The molecule has 1 aromatic carbocycles. The molecule has 0 aliphatic rings. The summed E-state index contributed by atoms with van der Waals surface area (Å²) in [5.74, 6) is 1.21. The van der Waals surface area contributed by atoms with Gasteiger partial charge in [0.2, 0.25) is 5.88 Å². The van der Waals surface area contributed by atoms with Gasteiger partial charge < -0.3 is 15.2 Å². The Hall–Kier alpha value is -2.14. The summed E-state index contributed by atoms with van der Waals surface area (Å²) in [4.78, 5) is 8.47. The zero-order chi connectivity index (χ0) is 14.4. The molecule has 2 aromatic rings. The number of ether oxygens (including phenoxy) is 2. The minimum absolute atomic E-state index is 0.289. The summed E-state index contributed by atoms with van der Waals surface area (Å²) in [5.41, 5.74) is 7.41. The lowest BCUT2D eigenvalue weighted by atomic mass is 10.2. The van der Waals surface area contributed by atoms with E-state index in [0.29, 0.717) is 24.8 Å². The van der Waals surface area contributed by atoms with Crippen molar-refractivity contribution < 1.29 is 9.47 Å². The first-order chi connectivity index (χ1) is 9.71. The Kier molecular flexibility index (Phi) is 4.90. The Morgan fingerprint density at radius 2 is 1.90 bits per heavy atom. The Labute approximate surface area is 118 Å². The summed E-state index contributed by atoms with van der Waals surface area (Å²) in [5, 5.41) is 0. The van der Waals surface area contributed by atoms with Crippen molar-refractivity contribution in [3.63, 3.8) is 0 Å². The fourth-order valence-corrected chi connectivity index (χ4v) is 1.64. The van der Waals surface area contributed by atoms with Crippen molar-refractivity contribution in [1.82, 2.24) is 9.97 Å². The predicted octanol–water partition coefficient (Wildman–Crippen LogP) is 2.82. The van der Waals surface area contributed by atoms with Crippen LogP contribution in [0.15, 0.2) is 30.3 Å². The summed E-state index contributed by atoms with van der Waals surface area (Å²) in [6.07, 6.45) is 0.930. The van der Waals surface area contributed by atoms with Crippen molar-refractivity contribution in [3.8, 4) is 17.6 Å². The fraction of sp³-hybridized carbons (Fsp3) is 0.333. The zero-order valence-corrected chi connectivity index (χ0v) is 11.8. The van der Waals surface area contributed by atoms with Gasteiger partial charge in [0.1, 0.15) is 5.75 Å². The Balaban J connectivity index is 2.12. The third-order valence-corrected chi connectivity index (χ3v) is 2.63. The molecule has 1 aromatic heterocycles. The highest BCUT2D eigenvalue weighted by Gasteiger charge is 2.05. The molecule has 5 nitrogen and oxygen atoms in total. The molecule has 1 heterocycles. The molecule has 5 heteroatoms. The van der Waals surface area contributed by atoms with Crippen LogP contribution in [0, 0.1) is 6.92 Å². The molecule has 0 fully saturated rings. The fourth-order valence-electron chi connectivity index (χ4n) is 1.64. The number of rotatable bonds is 6. The van der Waals surface area contributed by atoms with E-state index in [1.807, 2.05) is 38.1 Å². The maximum atomic E-state index is 5.64. The first-order valence-corrected chi connectivity index (χ1v) is 6.66. The molecule has 0 aliphatic heterocycles.